The minimum Gasteiger partial charge on any atom is -0.352 e. The van der Waals surface area contributed by atoms with Gasteiger partial charge in [0.15, 0.2) is 0 Å². The predicted molar refractivity (Wildman–Crippen MR) is 140 cm³/mol. The molecule has 13 heteroatoms. The Balaban J connectivity index is 1.13. The van der Waals surface area contributed by atoms with Gasteiger partial charge in [-0.05, 0) is 68.3 Å². The lowest BCUT2D eigenvalue weighted by Crippen LogP contribution is -2.29. The third-order valence-corrected chi connectivity index (χ3v) is 9.94. The molecular weight excluding hydrogens is 526 g/mol. The molecule has 3 heterocycles. The van der Waals surface area contributed by atoms with Crippen molar-refractivity contribution in [1.29, 1.82) is 0 Å². The van der Waals surface area contributed by atoms with E-state index in [1.165, 1.54) is 41.3 Å². The number of thiophene rings is 1. The van der Waals surface area contributed by atoms with Gasteiger partial charge in [0.05, 0.1) is 5.56 Å². The maximum atomic E-state index is 13.6. The van der Waals surface area contributed by atoms with E-state index in [2.05, 4.69) is 31.2 Å². The van der Waals surface area contributed by atoms with Crippen LogP contribution >= 0.6 is 11.3 Å². The number of anilines is 3. The first-order valence-corrected chi connectivity index (χ1v) is 14.3. The van der Waals surface area contributed by atoms with Crippen LogP contribution in [0.25, 0.3) is 0 Å². The van der Waals surface area contributed by atoms with Crippen LogP contribution in [0.1, 0.15) is 77.5 Å². The lowest BCUT2D eigenvalue weighted by molar-refractivity contribution is -0.117. The molecule has 3 saturated carbocycles. The monoisotopic (exact) mass is 556 g/mol. The Morgan fingerprint density at radius 2 is 2.08 bits per heavy atom. The second kappa shape index (κ2) is 9.10. The van der Waals surface area contributed by atoms with Gasteiger partial charge in [0.1, 0.15) is 22.8 Å². The molecule has 3 aromatic heterocycles. The molecule has 0 saturated heterocycles. The molecule has 4 aliphatic rings. The summed E-state index contributed by atoms with van der Waals surface area (Å²) >= 11 is 1.51. The molecule has 3 aromatic rings. The number of aryl methyl sites for hydroxylation is 2. The molecule has 0 aliphatic heterocycles. The van der Waals surface area contributed by atoms with Crippen LogP contribution in [0, 0.1) is 17.3 Å². The summed E-state index contributed by atoms with van der Waals surface area (Å²) in [6, 6.07) is 1.24. The predicted octanol–water partition coefficient (Wildman–Crippen LogP) is 4.36. The van der Waals surface area contributed by atoms with Crippen molar-refractivity contribution in [3.05, 3.63) is 34.1 Å². The lowest BCUT2D eigenvalue weighted by atomic mass is 9.91. The number of nitrogens with zero attached hydrogens (tertiary/aromatic N) is 5. The largest absolute Gasteiger partial charge is 0.352 e. The van der Waals surface area contributed by atoms with Crippen molar-refractivity contribution in [3.63, 3.8) is 0 Å². The zero-order chi connectivity index (χ0) is 26.9. The van der Waals surface area contributed by atoms with Crippen LogP contribution in [0.4, 0.5) is 25.5 Å². The molecule has 0 unspecified atom stereocenters. The molecular formula is C26H30F2N8O2S. The Morgan fingerprint density at radius 1 is 1.26 bits per heavy atom. The van der Waals surface area contributed by atoms with Gasteiger partial charge < -0.3 is 16.0 Å². The highest BCUT2D eigenvalue weighted by molar-refractivity contribution is 7.17. The summed E-state index contributed by atoms with van der Waals surface area (Å²) in [6.45, 7) is 0.674. The summed E-state index contributed by atoms with van der Waals surface area (Å²) in [5, 5.41) is 22.0. The fourth-order valence-corrected chi connectivity index (χ4v) is 7.16. The van der Waals surface area contributed by atoms with Gasteiger partial charge in [0.2, 0.25) is 11.9 Å². The van der Waals surface area contributed by atoms with Gasteiger partial charge in [0, 0.05) is 36.5 Å². The number of aromatic nitrogens is 5. The molecule has 39 heavy (non-hydrogen) atoms. The van der Waals surface area contributed by atoms with E-state index in [9.17, 15) is 18.4 Å². The SMILES string of the molecule is Cn1nc(C(F)F)cc1Nc1nncn1[C@H]1CCc2sc(NC(=O)C3CC3)c(C(=O)NC[C@@H]3CC34CC4)c2C1. The molecule has 10 nitrogen and oxygen atoms in total. The van der Waals surface area contributed by atoms with Crippen LogP contribution in [0.2, 0.25) is 0 Å². The first-order valence-electron chi connectivity index (χ1n) is 13.5. The summed E-state index contributed by atoms with van der Waals surface area (Å²) in [5.74, 6) is 1.26. The topological polar surface area (TPSA) is 119 Å². The summed E-state index contributed by atoms with van der Waals surface area (Å²) in [4.78, 5) is 27.3. The number of carbonyl (C=O) groups is 2. The van der Waals surface area contributed by atoms with Gasteiger partial charge in [-0.2, -0.15) is 5.10 Å². The minimum absolute atomic E-state index is 0.0111. The molecule has 0 radical (unpaired) electrons. The van der Waals surface area contributed by atoms with E-state index in [0.717, 1.165) is 36.1 Å². The van der Waals surface area contributed by atoms with Crippen molar-refractivity contribution in [1.82, 2.24) is 29.9 Å². The van der Waals surface area contributed by atoms with Crippen LogP contribution in [0.5, 0.6) is 0 Å². The van der Waals surface area contributed by atoms with Crippen LogP contribution in [0.15, 0.2) is 12.4 Å². The molecule has 4 aliphatic carbocycles. The number of nitrogens with one attached hydrogen (secondary N) is 3. The highest BCUT2D eigenvalue weighted by atomic mass is 32.1. The normalized spacial score (nSPS) is 22.6. The van der Waals surface area contributed by atoms with Gasteiger partial charge >= 0.3 is 0 Å². The smallest absolute Gasteiger partial charge is 0.282 e. The Morgan fingerprint density at radius 3 is 2.77 bits per heavy atom. The van der Waals surface area contributed by atoms with Crippen molar-refractivity contribution >= 4 is 39.9 Å². The van der Waals surface area contributed by atoms with E-state index in [-0.39, 0.29) is 29.5 Å². The van der Waals surface area contributed by atoms with Crippen molar-refractivity contribution in [2.45, 2.75) is 63.8 Å². The van der Waals surface area contributed by atoms with Crippen LogP contribution < -0.4 is 16.0 Å². The van der Waals surface area contributed by atoms with E-state index in [1.807, 2.05) is 4.57 Å². The number of hydrogen-bond donors (Lipinski definition) is 3. The first kappa shape index (κ1) is 24.7. The van der Waals surface area contributed by atoms with Crippen LogP contribution in [0.3, 0.4) is 0 Å². The fourth-order valence-electron chi connectivity index (χ4n) is 5.92. The summed E-state index contributed by atoms with van der Waals surface area (Å²) < 4.78 is 29.5. The van der Waals surface area contributed by atoms with Crippen molar-refractivity contribution in [3.8, 4) is 0 Å². The summed E-state index contributed by atoms with van der Waals surface area (Å²) in [7, 11) is 1.59. The number of hydrogen-bond acceptors (Lipinski definition) is 7. The van der Waals surface area contributed by atoms with Gasteiger partial charge in [0.25, 0.3) is 12.3 Å². The first-order chi connectivity index (χ1) is 18.8. The highest BCUT2D eigenvalue weighted by Crippen LogP contribution is 2.70. The minimum atomic E-state index is -2.67. The molecule has 2 atom stereocenters. The van der Waals surface area contributed by atoms with Gasteiger partial charge in [-0.3, -0.25) is 18.8 Å². The van der Waals surface area contributed by atoms with E-state index >= 15 is 0 Å². The lowest BCUT2D eigenvalue weighted by Gasteiger charge is -2.25. The van der Waals surface area contributed by atoms with Crippen molar-refractivity contribution < 1.29 is 18.4 Å². The van der Waals surface area contributed by atoms with E-state index in [0.29, 0.717) is 46.6 Å². The number of amides is 2. The zero-order valence-electron chi connectivity index (χ0n) is 21.5. The van der Waals surface area contributed by atoms with E-state index in [1.54, 1.807) is 13.4 Å². The zero-order valence-corrected chi connectivity index (χ0v) is 22.4. The van der Waals surface area contributed by atoms with Gasteiger partial charge in [-0.25, -0.2) is 8.78 Å². The maximum Gasteiger partial charge on any atom is 0.282 e. The van der Waals surface area contributed by atoms with Gasteiger partial charge in [-0.15, -0.1) is 21.5 Å². The van der Waals surface area contributed by atoms with Crippen LogP contribution in [-0.2, 0) is 24.7 Å². The van der Waals surface area contributed by atoms with Gasteiger partial charge in [-0.1, -0.05) is 0 Å². The van der Waals surface area contributed by atoms with Crippen LogP contribution in [-0.4, -0.2) is 42.9 Å². The van der Waals surface area contributed by atoms with E-state index in [4.69, 9.17) is 0 Å². The average molecular weight is 557 g/mol. The second-order valence-corrected chi connectivity index (χ2v) is 12.5. The standard InChI is InChI=1S/C26H30F2N8O2S/c1-35-19(9-17(34-35)21(27)28)31-25-33-30-12-36(25)15-4-5-18-16(8-15)20(24(39-18)32-22(37)13-2-3-13)23(38)29-11-14-10-26(14)6-7-26/h9,12-15,21H,2-8,10-11H2,1H3,(H,29,38)(H,31,33)(H,32,37)/t14-,15-/m0/s1. The summed E-state index contributed by atoms with van der Waals surface area (Å²) in [5.41, 5.74) is 1.71. The quantitative estimate of drug-likeness (QED) is 0.360. The number of carbonyl (C=O) groups excluding carboxylic acids is 2. The Kier molecular flexibility index (Phi) is 5.76. The molecule has 2 amide bonds. The third kappa shape index (κ3) is 4.60. The average Bonchev–Trinajstić information content (AvgIpc) is 3.87. The van der Waals surface area contributed by atoms with Crippen molar-refractivity contribution in [2.24, 2.45) is 24.3 Å². The molecule has 0 bridgehead atoms. The van der Waals surface area contributed by atoms with E-state index < -0.39 is 6.43 Å². The summed E-state index contributed by atoms with van der Waals surface area (Å²) in [6.07, 6.45) is 6.56. The molecule has 3 fully saturated rings. The Hall–Kier alpha value is -3.35. The Bertz CT molecular complexity index is 1450. The maximum absolute atomic E-state index is 13.6. The molecule has 206 valence electrons. The fraction of sp³-hybridized carbons (Fsp3) is 0.577. The number of halogens is 2. The molecule has 3 N–H and O–H groups in total. The Labute approximate surface area is 227 Å². The number of alkyl halides is 2. The number of fused-ring (bicyclic) bond motifs is 1. The molecule has 7 rings (SSSR count). The third-order valence-electron chi connectivity index (χ3n) is 8.74. The molecule has 0 aromatic carbocycles. The second-order valence-electron chi connectivity index (χ2n) is 11.4. The highest BCUT2D eigenvalue weighted by Gasteiger charge is 2.62. The van der Waals surface area contributed by atoms with Crippen molar-refractivity contribution in [2.75, 3.05) is 17.2 Å². The number of rotatable bonds is 9. The molecule has 1 spiro atoms.